The lowest BCUT2D eigenvalue weighted by molar-refractivity contribution is 0.411. The molecule has 0 aliphatic rings. The highest BCUT2D eigenvalue weighted by Gasteiger charge is 2.15. The SMILES string of the molecule is COc1ccc(S(=O)(=O)Nc2cccc(C)c2)cc1C. The first-order chi connectivity index (χ1) is 9.42. The minimum atomic E-state index is -3.58. The quantitative estimate of drug-likeness (QED) is 0.941. The molecule has 0 aliphatic carbocycles. The molecule has 0 amide bonds. The third-order valence-corrected chi connectivity index (χ3v) is 4.33. The molecule has 5 heteroatoms. The lowest BCUT2D eigenvalue weighted by Crippen LogP contribution is -2.13. The number of benzene rings is 2. The highest BCUT2D eigenvalue weighted by Crippen LogP contribution is 2.23. The van der Waals surface area contributed by atoms with E-state index in [-0.39, 0.29) is 4.90 Å². The lowest BCUT2D eigenvalue weighted by Gasteiger charge is -2.11. The van der Waals surface area contributed by atoms with Crippen LogP contribution in [0.5, 0.6) is 5.75 Å². The van der Waals surface area contributed by atoms with Crippen LogP contribution in [-0.4, -0.2) is 15.5 Å². The summed E-state index contributed by atoms with van der Waals surface area (Å²) in [6.07, 6.45) is 0. The second kappa shape index (κ2) is 5.54. The van der Waals surface area contributed by atoms with Crippen molar-refractivity contribution in [3.8, 4) is 5.75 Å². The molecule has 0 aliphatic heterocycles. The molecule has 0 radical (unpaired) electrons. The predicted molar refractivity (Wildman–Crippen MR) is 79.7 cm³/mol. The van der Waals surface area contributed by atoms with Gasteiger partial charge >= 0.3 is 0 Å². The molecule has 0 heterocycles. The molecule has 0 saturated heterocycles. The first-order valence-electron chi connectivity index (χ1n) is 6.16. The van der Waals surface area contributed by atoms with Gasteiger partial charge in [0.15, 0.2) is 0 Å². The molecule has 0 aromatic heterocycles. The fourth-order valence-electron chi connectivity index (χ4n) is 1.94. The topological polar surface area (TPSA) is 55.4 Å². The molecule has 4 nitrogen and oxygen atoms in total. The van der Waals surface area contributed by atoms with Gasteiger partial charge in [0.05, 0.1) is 12.0 Å². The third-order valence-electron chi connectivity index (χ3n) is 2.95. The fraction of sp³-hybridized carbons (Fsp3) is 0.200. The zero-order valence-corrected chi connectivity index (χ0v) is 12.5. The summed E-state index contributed by atoms with van der Waals surface area (Å²) < 4.78 is 32.3. The third kappa shape index (κ3) is 3.11. The molecule has 0 atom stereocenters. The number of nitrogens with one attached hydrogen (secondary N) is 1. The van der Waals surface area contributed by atoms with Crippen LogP contribution in [0.2, 0.25) is 0 Å². The van der Waals surface area contributed by atoms with Gasteiger partial charge in [0.25, 0.3) is 10.0 Å². The zero-order chi connectivity index (χ0) is 14.8. The smallest absolute Gasteiger partial charge is 0.261 e. The number of ether oxygens (including phenoxy) is 1. The van der Waals surface area contributed by atoms with Crippen molar-refractivity contribution >= 4 is 15.7 Å². The van der Waals surface area contributed by atoms with E-state index in [0.717, 1.165) is 11.1 Å². The second-order valence-electron chi connectivity index (χ2n) is 4.61. The van der Waals surface area contributed by atoms with Crippen LogP contribution in [0.15, 0.2) is 47.4 Å². The van der Waals surface area contributed by atoms with Gasteiger partial charge in [-0.05, 0) is 55.3 Å². The van der Waals surface area contributed by atoms with Crippen LogP contribution >= 0.6 is 0 Å². The van der Waals surface area contributed by atoms with Crippen molar-refractivity contribution in [1.29, 1.82) is 0 Å². The highest BCUT2D eigenvalue weighted by molar-refractivity contribution is 7.92. The van der Waals surface area contributed by atoms with Crippen LogP contribution in [-0.2, 0) is 10.0 Å². The Hall–Kier alpha value is -2.01. The average Bonchev–Trinajstić information content (AvgIpc) is 2.38. The van der Waals surface area contributed by atoms with Gasteiger partial charge in [-0.25, -0.2) is 8.42 Å². The van der Waals surface area contributed by atoms with Crippen LogP contribution in [0.4, 0.5) is 5.69 Å². The Morgan fingerprint density at radius 2 is 1.80 bits per heavy atom. The minimum absolute atomic E-state index is 0.220. The van der Waals surface area contributed by atoms with E-state index in [2.05, 4.69) is 4.72 Å². The van der Waals surface area contributed by atoms with Crippen molar-refractivity contribution < 1.29 is 13.2 Å². The van der Waals surface area contributed by atoms with Crippen LogP contribution in [0, 0.1) is 13.8 Å². The molecule has 20 heavy (non-hydrogen) atoms. The van der Waals surface area contributed by atoms with Crippen molar-refractivity contribution in [1.82, 2.24) is 0 Å². The summed E-state index contributed by atoms with van der Waals surface area (Å²) in [6.45, 7) is 3.72. The van der Waals surface area contributed by atoms with Crippen molar-refractivity contribution in [2.45, 2.75) is 18.7 Å². The zero-order valence-electron chi connectivity index (χ0n) is 11.7. The molecule has 2 rings (SSSR count). The molecular formula is C15H17NO3S. The number of aryl methyl sites for hydroxylation is 2. The Kier molecular flexibility index (Phi) is 3.99. The maximum absolute atomic E-state index is 12.3. The Morgan fingerprint density at radius 1 is 1.05 bits per heavy atom. The summed E-state index contributed by atoms with van der Waals surface area (Å²) in [7, 11) is -2.03. The molecule has 2 aromatic rings. The number of anilines is 1. The van der Waals surface area contributed by atoms with Crippen LogP contribution in [0.3, 0.4) is 0 Å². The molecular weight excluding hydrogens is 274 g/mol. The van der Waals surface area contributed by atoms with Gasteiger partial charge in [0.2, 0.25) is 0 Å². The van der Waals surface area contributed by atoms with Gasteiger partial charge in [0.1, 0.15) is 5.75 Å². The Balaban J connectivity index is 2.33. The van der Waals surface area contributed by atoms with E-state index in [1.165, 1.54) is 6.07 Å². The molecule has 106 valence electrons. The van der Waals surface area contributed by atoms with Crippen LogP contribution < -0.4 is 9.46 Å². The summed E-state index contributed by atoms with van der Waals surface area (Å²) in [4.78, 5) is 0.220. The van der Waals surface area contributed by atoms with Gasteiger partial charge in [-0.1, -0.05) is 12.1 Å². The molecule has 2 aromatic carbocycles. The first-order valence-corrected chi connectivity index (χ1v) is 7.65. The van der Waals surface area contributed by atoms with Crippen molar-refractivity contribution in [2.75, 3.05) is 11.8 Å². The number of rotatable bonds is 4. The molecule has 0 fully saturated rings. The van der Waals surface area contributed by atoms with E-state index >= 15 is 0 Å². The number of sulfonamides is 1. The van der Waals surface area contributed by atoms with Gasteiger partial charge in [-0.15, -0.1) is 0 Å². The average molecular weight is 291 g/mol. The van der Waals surface area contributed by atoms with E-state index in [4.69, 9.17) is 4.74 Å². The molecule has 0 unspecified atom stereocenters. The summed E-state index contributed by atoms with van der Waals surface area (Å²) in [5, 5.41) is 0. The van der Waals surface area contributed by atoms with E-state index in [1.807, 2.05) is 26.0 Å². The van der Waals surface area contributed by atoms with E-state index in [0.29, 0.717) is 11.4 Å². The van der Waals surface area contributed by atoms with E-state index in [1.54, 1.807) is 31.4 Å². The maximum Gasteiger partial charge on any atom is 0.261 e. The van der Waals surface area contributed by atoms with Crippen molar-refractivity contribution in [2.24, 2.45) is 0 Å². The first kappa shape index (κ1) is 14.4. The predicted octanol–water partition coefficient (Wildman–Crippen LogP) is 3.11. The van der Waals surface area contributed by atoms with Gasteiger partial charge < -0.3 is 4.74 Å². The largest absolute Gasteiger partial charge is 0.496 e. The summed E-state index contributed by atoms with van der Waals surface area (Å²) in [5.41, 5.74) is 2.33. The van der Waals surface area contributed by atoms with Gasteiger partial charge in [0, 0.05) is 5.69 Å². The lowest BCUT2D eigenvalue weighted by atomic mass is 10.2. The summed E-state index contributed by atoms with van der Waals surface area (Å²) >= 11 is 0. The monoisotopic (exact) mass is 291 g/mol. The maximum atomic E-state index is 12.3. The molecule has 0 spiro atoms. The number of methoxy groups -OCH3 is 1. The molecule has 1 N–H and O–H groups in total. The standard InChI is InChI=1S/C15H17NO3S/c1-11-5-4-6-13(9-11)16-20(17,18)14-7-8-15(19-3)12(2)10-14/h4-10,16H,1-3H3. The summed E-state index contributed by atoms with van der Waals surface area (Å²) in [5.74, 6) is 0.666. The highest BCUT2D eigenvalue weighted by atomic mass is 32.2. The second-order valence-corrected chi connectivity index (χ2v) is 6.29. The van der Waals surface area contributed by atoms with Crippen LogP contribution in [0.1, 0.15) is 11.1 Å². The Morgan fingerprint density at radius 3 is 2.40 bits per heavy atom. The fourth-order valence-corrected chi connectivity index (χ4v) is 3.07. The number of hydrogen-bond donors (Lipinski definition) is 1. The van der Waals surface area contributed by atoms with E-state index < -0.39 is 10.0 Å². The minimum Gasteiger partial charge on any atom is -0.496 e. The molecule has 0 bridgehead atoms. The van der Waals surface area contributed by atoms with Gasteiger partial charge in [-0.3, -0.25) is 4.72 Å². The van der Waals surface area contributed by atoms with Crippen LogP contribution in [0.25, 0.3) is 0 Å². The Bertz CT molecular complexity index is 724. The van der Waals surface area contributed by atoms with E-state index in [9.17, 15) is 8.42 Å². The normalized spacial score (nSPS) is 11.2. The van der Waals surface area contributed by atoms with Crippen molar-refractivity contribution in [3.05, 3.63) is 53.6 Å². The Labute approximate surface area is 119 Å². The summed E-state index contributed by atoms with van der Waals surface area (Å²) in [6, 6.07) is 12.0. The molecule has 0 saturated carbocycles. The van der Waals surface area contributed by atoms with Crippen molar-refractivity contribution in [3.63, 3.8) is 0 Å². The number of hydrogen-bond acceptors (Lipinski definition) is 3. The van der Waals surface area contributed by atoms with Gasteiger partial charge in [-0.2, -0.15) is 0 Å².